The molecular formula is C18H24N6. The van der Waals surface area contributed by atoms with Crippen molar-refractivity contribution < 1.29 is 0 Å². The number of aryl methyl sites for hydroxylation is 1. The van der Waals surface area contributed by atoms with Crippen molar-refractivity contribution in [3.05, 3.63) is 41.7 Å². The number of hydrogen-bond acceptors (Lipinski definition) is 6. The minimum atomic E-state index is 0.435. The summed E-state index contributed by atoms with van der Waals surface area (Å²) in [5.41, 5.74) is 2.15. The van der Waals surface area contributed by atoms with Gasteiger partial charge in [-0.1, -0.05) is 0 Å². The summed E-state index contributed by atoms with van der Waals surface area (Å²) in [6.45, 7) is 7.15. The SMILES string of the molecule is Cc1ccnc(C2CCN(Cc3ccnc(N4CCCC4)n3)C2)n1. The van der Waals surface area contributed by atoms with Gasteiger partial charge in [-0.2, -0.15) is 0 Å². The zero-order valence-electron chi connectivity index (χ0n) is 14.2. The van der Waals surface area contributed by atoms with Crippen molar-refractivity contribution in [1.82, 2.24) is 24.8 Å². The fourth-order valence-electron chi connectivity index (χ4n) is 3.62. The highest BCUT2D eigenvalue weighted by Crippen LogP contribution is 2.26. The second-order valence-electron chi connectivity index (χ2n) is 6.82. The molecule has 0 amide bonds. The minimum Gasteiger partial charge on any atom is -0.341 e. The van der Waals surface area contributed by atoms with Crippen LogP contribution in [-0.2, 0) is 6.54 Å². The van der Waals surface area contributed by atoms with Gasteiger partial charge in [0.15, 0.2) is 0 Å². The van der Waals surface area contributed by atoms with Crippen molar-refractivity contribution >= 4 is 5.95 Å². The van der Waals surface area contributed by atoms with Crippen LogP contribution in [0.2, 0.25) is 0 Å². The summed E-state index contributed by atoms with van der Waals surface area (Å²) in [6, 6.07) is 3.99. The van der Waals surface area contributed by atoms with Crippen LogP contribution in [0.3, 0.4) is 0 Å². The fraction of sp³-hybridized carbons (Fsp3) is 0.556. The molecule has 0 aliphatic carbocycles. The average Bonchev–Trinajstić information content (AvgIpc) is 3.27. The molecule has 2 saturated heterocycles. The van der Waals surface area contributed by atoms with Crippen molar-refractivity contribution in [1.29, 1.82) is 0 Å². The lowest BCUT2D eigenvalue weighted by Gasteiger charge is -2.18. The summed E-state index contributed by atoms with van der Waals surface area (Å²) >= 11 is 0. The van der Waals surface area contributed by atoms with E-state index in [4.69, 9.17) is 4.98 Å². The molecule has 1 unspecified atom stereocenters. The van der Waals surface area contributed by atoms with Crippen molar-refractivity contribution in [2.24, 2.45) is 0 Å². The number of rotatable bonds is 4. The molecule has 2 aromatic rings. The standard InChI is InChI=1S/C18H24N6/c1-14-4-7-19-17(21-14)15-6-11-23(12-15)13-16-5-8-20-18(22-16)24-9-2-3-10-24/h4-5,7-8,15H,2-3,6,9-13H2,1H3. The van der Waals surface area contributed by atoms with Crippen LogP contribution in [0.15, 0.2) is 24.5 Å². The lowest BCUT2D eigenvalue weighted by Crippen LogP contribution is -2.23. The summed E-state index contributed by atoms with van der Waals surface area (Å²) in [4.78, 5) is 23.0. The Bertz CT molecular complexity index is 697. The van der Waals surface area contributed by atoms with Crippen molar-refractivity contribution in [2.45, 2.75) is 38.6 Å². The molecular weight excluding hydrogens is 300 g/mol. The van der Waals surface area contributed by atoms with Gasteiger partial charge in [-0.25, -0.2) is 19.9 Å². The summed E-state index contributed by atoms with van der Waals surface area (Å²) in [6.07, 6.45) is 7.38. The van der Waals surface area contributed by atoms with Crippen molar-refractivity contribution in [2.75, 3.05) is 31.1 Å². The molecule has 4 rings (SSSR count). The van der Waals surface area contributed by atoms with Crippen LogP contribution in [0.25, 0.3) is 0 Å². The Labute approximate surface area is 143 Å². The summed E-state index contributed by atoms with van der Waals surface area (Å²) in [5, 5.41) is 0. The third-order valence-electron chi connectivity index (χ3n) is 4.93. The first kappa shape index (κ1) is 15.4. The van der Waals surface area contributed by atoms with E-state index < -0.39 is 0 Å². The number of hydrogen-bond donors (Lipinski definition) is 0. The third kappa shape index (κ3) is 3.38. The first-order valence-electron chi connectivity index (χ1n) is 8.87. The molecule has 0 saturated carbocycles. The molecule has 2 aromatic heterocycles. The zero-order chi connectivity index (χ0) is 16.4. The van der Waals surface area contributed by atoms with E-state index in [9.17, 15) is 0 Å². The Balaban J connectivity index is 1.40. The molecule has 2 aliphatic rings. The maximum Gasteiger partial charge on any atom is 0.225 e. The van der Waals surface area contributed by atoms with Gasteiger partial charge in [-0.15, -0.1) is 0 Å². The van der Waals surface area contributed by atoms with E-state index in [1.54, 1.807) is 0 Å². The van der Waals surface area contributed by atoms with Gasteiger partial charge in [0.25, 0.3) is 0 Å². The molecule has 2 fully saturated rings. The molecule has 2 aliphatic heterocycles. The first-order valence-corrected chi connectivity index (χ1v) is 8.87. The van der Waals surface area contributed by atoms with E-state index >= 15 is 0 Å². The molecule has 0 radical (unpaired) electrons. The number of nitrogens with zero attached hydrogens (tertiary/aromatic N) is 6. The zero-order valence-corrected chi connectivity index (χ0v) is 14.2. The highest BCUT2D eigenvalue weighted by molar-refractivity contribution is 5.31. The third-order valence-corrected chi connectivity index (χ3v) is 4.93. The number of anilines is 1. The van der Waals surface area contributed by atoms with Crippen LogP contribution < -0.4 is 4.90 Å². The van der Waals surface area contributed by atoms with E-state index in [1.807, 2.05) is 31.5 Å². The van der Waals surface area contributed by atoms with Crippen LogP contribution in [0.5, 0.6) is 0 Å². The molecule has 6 heteroatoms. The van der Waals surface area contributed by atoms with E-state index in [0.29, 0.717) is 5.92 Å². The van der Waals surface area contributed by atoms with Crippen LogP contribution in [0.1, 0.15) is 42.4 Å². The number of aromatic nitrogens is 4. The van der Waals surface area contributed by atoms with E-state index in [2.05, 4.69) is 24.8 Å². The largest absolute Gasteiger partial charge is 0.341 e. The maximum absolute atomic E-state index is 4.77. The molecule has 24 heavy (non-hydrogen) atoms. The van der Waals surface area contributed by atoms with E-state index in [1.165, 1.54) is 12.8 Å². The minimum absolute atomic E-state index is 0.435. The normalized spacial score (nSPS) is 21.5. The predicted octanol–water partition coefficient (Wildman–Crippen LogP) is 2.16. The van der Waals surface area contributed by atoms with E-state index in [0.717, 1.165) is 62.3 Å². The van der Waals surface area contributed by atoms with Crippen LogP contribution >= 0.6 is 0 Å². The first-order chi connectivity index (χ1) is 11.8. The predicted molar refractivity (Wildman–Crippen MR) is 92.9 cm³/mol. The summed E-state index contributed by atoms with van der Waals surface area (Å²) in [5.74, 6) is 2.31. The maximum atomic E-state index is 4.77. The molecule has 6 nitrogen and oxygen atoms in total. The monoisotopic (exact) mass is 324 g/mol. The van der Waals surface area contributed by atoms with Gasteiger partial charge in [0.2, 0.25) is 5.95 Å². The Hall–Kier alpha value is -2.08. The van der Waals surface area contributed by atoms with Gasteiger partial charge in [-0.05, 0) is 44.9 Å². The van der Waals surface area contributed by atoms with Crippen molar-refractivity contribution in [3.63, 3.8) is 0 Å². The highest BCUT2D eigenvalue weighted by Gasteiger charge is 2.26. The highest BCUT2D eigenvalue weighted by atomic mass is 15.3. The summed E-state index contributed by atoms with van der Waals surface area (Å²) in [7, 11) is 0. The van der Waals surface area contributed by atoms with Crippen LogP contribution in [0, 0.1) is 6.92 Å². The fourth-order valence-corrected chi connectivity index (χ4v) is 3.62. The second-order valence-corrected chi connectivity index (χ2v) is 6.82. The summed E-state index contributed by atoms with van der Waals surface area (Å²) < 4.78 is 0. The van der Waals surface area contributed by atoms with Gasteiger partial charge in [0, 0.05) is 50.2 Å². The average molecular weight is 324 g/mol. The van der Waals surface area contributed by atoms with Gasteiger partial charge in [-0.3, -0.25) is 4.90 Å². The Morgan fingerprint density at radius 2 is 1.88 bits per heavy atom. The number of likely N-dealkylation sites (tertiary alicyclic amines) is 1. The van der Waals surface area contributed by atoms with Gasteiger partial charge in [0.05, 0.1) is 5.69 Å². The second kappa shape index (κ2) is 6.81. The molecule has 1 atom stereocenters. The molecule has 0 N–H and O–H groups in total. The lowest BCUT2D eigenvalue weighted by atomic mass is 10.1. The van der Waals surface area contributed by atoms with Gasteiger partial charge >= 0.3 is 0 Å². The smallest absolute Gasteiger partial charge is 0.225 e. The van der Waals surface area contributed by atoms with Crippen molar-refractivity contribution in [3.8, 4) is 0 Å². The molecule has 0 bridgehead atoms. The quantitative estimate of drug-likeness (QED) is 0.859. The Morgan fingerprint density at radius 3 is 2.71 bits per heavy atom. The molecule has 4 heterocycles. The van der Waals surface area contributed by atoms with Crippen LogP contribution in [-0.4, -0.2) is 51.0 Å². The van der Waals surface area contributed by atoms with Gasteiger partial charge in [0.1, 0.15) is 5.82 Å². The molecule has 126 valence electrons. The van der Waals surface area contributed by atoms with E-state index in [-0.39, 0.29) is 0 Å². The Morgan fingerprint density at radius 1 is 1.04 bits per heavy atom. The van der Waals surface area contributed by atoms with Gasteiger partial charge < -0.3 is 4.90 Å². The molecule has 0 aromatic carbocycles. The lowest BCUT2D eigenvalue weighted by molar-refractivity contribution is 0.321. The van der Waals surface area contributed by atoms with Crippen LogP contribution in [0.4, 0.5) is 5.95 Å². The molecule has 0 spiro atoms. The topological polar surface area (TPSA) is 58.0 Å². The Kier molecular flexibility index (Phi) is 4.38.